The zero-order valence-electron chi connectivity index (χ0n) is 17.8. The fraction of sp³-hybridized carbons (Fsp3) is 0.250. The van der Waals surface area contributed by atoms with E-state index in [4.69, 9.17) is 19.5 Å². The Kier molecular flexibility index (Phi) is 7.09. The van der Waals surface area contributed by atoms with Gasteiger partial charge in [-0.3, -0.25) is 10.1 Å². The van der Waals surface area contributed by atoms with Crippen molar-refractivity contribution in [2.75, 3.05) is 31.7 Å². The highest BCUT2D eigenvalue weighted by molar-refractivity contribution is 5.84. The van der Waals surface area contributed by atoms with Crippen molar-refractivity contribution in [3.05, 3.63) is 87.8 Å². The molecule has 1 aliphatic heterocycles. The Morgan fingerprint density at radius 1 is 1.21 bits per heavy atom. The molecule has 2 heterocycles. The van der Waals surface area contributed by atoms with Gasteiger partial charge in [-0.2, -0.15) is 10.4 Å². The summed E-state index contributed by atoms with van der Waals surface area (Å²) in [6.07, 6.45) is 0.974. The van der Waals surface area contributed by atoms with Crippen LogP contribution in [-0.4, -0.2) is 48.4 Å². The Bertz CT molecular complexity index is 1230. The molecule has 9 nitrogen and oxygen atoms in total. The van der Waals surface area contributed by atoms with E-state index in [0.717, 1.165) is 5.56 Å². The van der Waals surface area contributed by atoms with Crippen molar-refractivity contribution >= 4 is 11.8 Å². The molecule has 1 aromatic heterocycles. The van der Waals surface area contributed by atoms with Gasteiger partial charge >= 0.3 is 6.09 Å². The second kappa shape index (κ2) is 10.5. The number of hydrogen-bond donors (Lipinski definition) is 1. The molecular weight excluding hydrogens is 424 g/mol. The van der Waals surface area contributed by atoms with Crippen molar-refractivity contribution < 1.29 is 19.0 Å². The number of nitrogens with zero attached hydrogens (tertiary/aromatic N) is 3. The van der Waals surface area contributed by atoms with Crippen molar-refractivity contribution in [3.63, 3.8) is 0 Å². The highest BCUT2D eigenvalue weighted by Gasteiger charge is 2.16. The van der Waals surface area contributed by atoms with Gasteiger partial charge in [0.1, 0.15) is 18.4 Å². The zero-order valence-corrected chi connectivity index (χ0v) is 17.8. The molecule has 0 aliphatic carbocycles. The highest BCUT2D eigenvalue weighted by atomic mass is 16.6. The lowest BCUT2D eigenvalue weighted by Gasteiger charge is -2.22. The molecule has 1 unspecified atom stereocenters. The number of benzene rings is 2. The van der Waals surface area contributed by atoms with Crippen LogP contribution in [0.2, 0.25) is 0 Å². The Hall–Kier alpha value is -4.00. The molecule has 1 amide bonds. The molecule has 0 saturated carbocycles. The lowest BCUT2D eigenvalue weighted by molar-refractivity contribution is -0.105. The van der Waals surface area contributed by atoms with Crippen molar-refractivity contribution in [1.82, 2.24) is 9.78 Å². The lowest BCUT2D eigenvalue weighted by atomic mass is 10.1. The quantitative estimate of drug-likeness (QED) is 0.619. The molecule has 2 aromatic carbocycles. The van der Waals surface area contributed by atoms with Crippen LogP contribution in [0, 0.1) is 11.3 Å². The van der Waals surface area contributed by atoms with Crippen LogP contribution in [0.5, 0.6) is 0 Å². The van der Waals surface area contributed by atoms with Gasteiger partial charge < -0.3 is 14.2 Å². The third-order valence-electron chi connectivity index (χ3n) is 4.95. The lowest BCUT2D eigenvalue weighted by Crippen LogP contribution is -2.33. The third kappa shape index (κ3) is 6.04. The van der Waals surface area contributed by atoms with Crippen molar-refractivity contribution in [3.8, 4) is 11.8 Å². The zero-order chi connectivity index (χ0) is 23.0. The fourth-order valence-electron chi connectivity index (χ4n) is 3.34. The molecule has 1 saturated heterocycles. The molecule has 1 atom stereocenters. The van der Waals surface area contributed by atoms with E-state index in [1.165, 1.54) is 6.07 Å². The van der Waals surface area contributed by atoms with Gasteiger partial charge in [0.15, 0.2) is 0 Å². The van der Waals surface area contributed by atoms with Crippen molar-refractivity contribution in [2.24, 2.45) is 0 Å². The van der Waals surface area contributed by atoms with E-state index in [0.29, 0.717) is 42.5 Å². The minimum absolute atomic E-state index is 0.103. The van der Waals surface area contributed by atoms with Crippen LogP contribution in [0.25, 0.3) is 5.69 Å². The minimum atomic E-state index is -0.598. The summed E-state index contributed by atoms with van der Waals surface area (Å²) in [6, 6.07) is 17.6. The number of amides is 1. The second-order valence-electron chi connectivity index (χ2n) is 7.40. The summed E-state index contributed by atoms with van der Waals surface area (Å²) < 4.78 is 17.5. The number of aromatic nitrogens is 2. The van der Waals surface area contributed by atoms with Gasteiger partial charge in [-0.25, -0.2) is 9.48 Å². The predicted octanol–water partition coefficient (Wildman–Crippen LogP) is 2.66. The molecule has 9 heteroatoms. The van der Waals surface area contributed by atoms with Crippen LogP contribution in [0.15, 0.2) is 65.6 Å². The molecule has 1 N–H and O–H groups in total. The first-order valence-corrected chi connectivity index (χ1v) is 10.4. The topological polar surface area (TPSA) is 115 Å². The van der Waals surface area contributed by atoms with Crippen molar-refractivity contribution in [1.29, 1.82) is 5.26 Å². The maximum Gasteiger partial charge on any atom is 0.411 e. The average Bonchev–Trinajstić information content (AvgIpc) is 2.85. The van der Waals surface area contributed by atoms with E-state index >= 15 is 0 Å². The monoisotopic (exact) mass is 446 g/mol. The summed E-state index contributed by atoms with van der Waals surface area (Å²) in [5.74, 6) is 0. The summed E-state index contributed by atoms with van der Waals surface area (Å²) in [5.41, 5.74) is 2.66. The first-order chi connectivity index (χ1) is 16.1. The second-order valence-corrected chi connectivity index (χ2v) is 7.40. The van der Waals surface area contributed by atoms with Gasteiger partial charge in [0, 0.05) is 24.4 Å². The highest BCUT2D eigenvalue weighted by Crippen LogP contribution is 2.14. The van der Waals surface area contributed by atoms with E-state index in [1.54, 1.807) is 47.3 Å². The maximum absolute atomic E-state index is 12.4. The van der Waals surface area contributed by atoms with Crippen LogP contribution in [0.3, 0.4) is 0 Å². The Morgan fingerprint density at radius 3 is 2.91 bits per heavy atom. The smallest absolute Gasteiger partial charge is 0.411 e. The van der Waals surface area contributed by atoms with E-state index in [2.05, 4.69) is 16.5 Å². The molecule has 168 valence electrons. The third-order valence-corrected chi connectivity index (χ3v) is 4.95. The molecule has 4 rings (SSSR count). The summed E-state index contributed by atoms with van der Waals surface area (Å²) in [6.45, 7) is 1.52. The summed E-state index contributed by atoms with van der Waals surface area (Å²) in [5, 5.41) is 16.2. The van der Waals surface area contributed by atoms with E-state index in [-0.39, 0.29) is 24.6 Å². The van der Waals surface area contributed by atoms with E-state index in [9.17, 15) is 9.59 Å². The van der Waals surface area contributed by atoms with Crippen LogP contribution in [0.4, 0.5) is 10.5 Å². The molecule has 1 fully saturated rings. The first-order valence-electron chi connectivity index (χ1n) is 10.4. The van der Waals surface area contributed by atoms with E-state index in [1.807, 2.05) is 12.1 Å². The number of carbonyl (C=O) groups is 1. The van der Waals surface area contributed by atoms with Crippen LogP contribution in [0.1, 0.15) is 16.8 Å². The van der Waals surface area contributed by atoms with Crippen LogP contribution < -0.4 is 10.7 Å². The Morgan fingerprint density at radius 2 is 2.09 bits per heavy atom. The standard InChI is InChI=1S/C24H22N4O5/c25-14-18-4-2-6-20(12-18)28-8-7-23(29)22(27-28)13-17-3-1-5-19(11-17)26-24(30)33-16-21-15-31-9-10-32-21/h1-8,11-12,21H,9-10,13,15-16H2,(H,26,30). The number of ether oxygens (including phenoxy) is 3. The number of nitriles is 1. The van der Waals surface area contributed by atoms with E-state index < -0.39 is 6.09 Å². The van der Waals surface area contributed by atoms with Gasteiger partial charge in [-0.05, 0) is 35.9 Å². The Balaban J connectivity index is 1.43. The number of carbonyl (C=O) groups excluding carboxylic acids is 1. The summed E-state index contributed by atoms with van der Waals surface area (Å²) in [4.78, 5) is 24.5. The van der Waals surface area contributed by atoms with Gasteiger partial charge in [0.05, 0.1) is 37.1 Å². The SMILES string of the molecule is N#Cc1cccc(-n2ccc(=O)c(Cc3cccc(NC(=O)OCC4COCCO4)c3)n2)c1. The van der Waals surface area contributed by atoms with Crippen LogP contribution >= 0.6 is 0 Å². The molecule has 0 bridgehead atoms. The largest absolute Gasteiger partial charge is 0.446 e. The first kappa shape index (κ1) is 22.2. The number of hydrogen-bond acceptors (Lipinski definition) is 7. The molecule has 0 spiro atoms. The minimum Gasteiger partial charge on any atom is -0.446 e. The molecule has 1 aliphatic rings. The fourth-order valence-corrected chi connectivity index (χ4v) is 3.34. The van der Waals surface area contributed by atoms with Gasteiger partial charge in [-0.15, -0.1) is 0 Å². The average molecular weight is 446 g/mol. The maximum atomic E-state index is 12.4. The molecule has 0 radical (unpaired) electrons. The summed E-state index contributed by atoms with van der Waals surface area (Å²) >= 11 is 0. The molecule has 3 aromatic rings. The van der Waals surface area contributed by atoms with Gasteiger partial charge in [-0.1, -0.05) is 18.2 Å². The Labute approximate surface area is 190 Å². The van der Waals surface area contributed by atoms with Gasteiger partial charge in [0.25, 0.3) is 0 Å². The van der Waals surface area contributed by atoms with Crippen molar-refractivity contribution in [2.45, 2.75) is 12.5 Å². The molecular formula is C24H22N4O5. The normalized spacial score (nSPS) is 15.4. The number of anilines is 1. The summed E-state index contributed by atoms with van der Waals surface area (Å²) in [7, 11) is 0. The molecule has 33 heavy (non-hydrogen) atoms. The van der Waals surface area contributed by atoms with Gasteiger partial charge in [0.2, 0.25) is 5.43 Å². The number of rotatable bonds is 6. The van der Waals surface area contributed by atoms with Crippen LogP contribution in [-0.2, 0) is 20.6 Å². The predicted molar refractivity (Wildman–Crippen MR) is 119 cm³/mol. The number of nitrogens with one attached hydrogen (secondary N) is 1.